The Kier molecular flexibility index (Phi) is 4.57. The van der Waals surface area contributed by atoms with Crippen LogP contribution in [0.1, 0.15) is 5.76 Å². The first-order valence-corrected chi connectivity index (χ1v) is 7.76. The molecule has 1 N–H and O–H groups in total. The molecule has 2 heterocycles. The van der Waals surface area contributed by atoms with Gasteiger partial charge in [0.25, 0.3) is 0 Å². The SMILES string of the molecule is O=C(O)/C=C/c1ccc(N2CCN(c3cccc(Cl)c3)CC2)o1. The molecule has 1 aromatic carbocycles. The van der Waals surface area contributed by atoms with Gasteiger partial charge in [0.2, 0.25) is 0 Å². The number of anilines is 2. The molecule has 3 rings (SSSR count). The van der Waals surface area contributed by atoms with Gasteiger partial charge in [-0.2, -0.15) is 0 Å². The van der Waals surface area contributed by atoms with Crippen LogP contribution in [0.2, 0.25) is 5.02 Å². The highest BCUT2D eigenvalue weighted by Gasteiger charge is 2.19. The Labute approximate surface area is 139 Å². The fraction of sp³-hybridized carbons (Fsp3) is 0.235. The third kappa shape index (κ3) is 3.87. The summed E-state index contributed by atoms with van der Waals surface area (Å²) in [5, 5.41) is 9.37. The maximum absolute atomic E-state index is 10.5. The predicted molar refractivity (Wildman–Crippen MR) is 91.3 cm³/mol. The van der Waals surface area contributed by atoms with Crippen molar-refractivity contribution < 1.29 is 14.3 Å². The van der Waals surface area contributed by atoms with Gasteiger partial charge in [0.15, 0.2) is 5.88 Å². The van der Waals surface area contributed by atoms with E-state index in [1.54, 1.807) is 6.07 Å². The number of piperazine rings is 1. The summed E-state index contributed by atoms with van der Waals surface area (Å²) in [5.41, 5.74) is 1.13. The van der Waals surface area contributed by atoms with Crippen LogP contribution < -0.4 is 9.80 Å². The molecule has 0 radical (unpaired) electrons. The summed E-state index contributed by atoms with van der Waals surface area (Å²) in [5.74, 6) is 0.318. The summed E-state index contributed by atoms with van der Waals surface area (Å²) in [7, 11) is 0. The Morgan fingerprint density at radius 2 is 1.87 bits per heavy atom. The molecule has 5 nitrogen and oxygen atoms in total. The van der Waals surface area contributed by atoms with Crippen molar-refractivity contribution in [3.05, 3.63) is 53.3 Å². The van der Waals surface area contributed by atoms with E-state index in [-0.39, 0.29) is 0 Å². The van der Waals surface area contributed by atoms with Crippen molar-refractivity contribution in [1.29, 1.82) is 0 Å². The Morgan fingerprint density at radius 3 is 2.57 bits per heavy atom. The monoisotopic (exact) mass is 332 g/mol. The van der Waals surface area contributed by atoms with Crippen LogP contribution >= 0.6 is 11.6 Å². The fourth-order valence-corrected chi connectivity index (χ4v) is 2.80. The highest BCUT2D eigenvalue weighted by atomic mass is 35.5. The summed E-state index contributed by atoms with van der Waals surface area (Å²) in [6.45, 7) is 3.42. The molecule has 1 aliphatic heterocycles. The number of benzene rings is 1. The Balaban J connectivity index is 1.62. The molecule has 0 atom stereocenters. The normalized spacial score (nSPS) is 15.3. The Bertz CT molecular complexity index is 718. The minimum Gasteiger partial charge on any atom is -0.478 e. The van der Waals surface area contributed by atoms with E-state index in [2.05, 4.69) is 15.9 Å². The highest BCUT2D eigenvalue weighted by molar-refractivity contribution is 6.30. The molecule has 1 aliphatic rings. The third-order valence-electron chi connectivity index (χ3n) is 3.77. The maximum atomic E-state index is 10.5. The molecule has 0 bridgehead atoms. The van der Waals surface area contributed by atoms with E-state index in [0.29, 0.717) is 5.76 Å². The highest BCUT2D eigenvalue weighted by Crippen LogP contribution is 2.24. The van der Waals surface area contributed by atoms with Crippen LogP contribution in [0.25, 0.3) is 6.08 Å². The first kappa shape index (κ1) is 15.5. The standard InChI is InChI=1S/C17H17ClN2O3/c18-13-2-1-3-14(12-13)19-8-10-20(11-9-19)16-6-4-15(23-16)5-7-17(21)22/h1-7,12H,8-11H2,(H,21,22)/b7-5+. The molecular formula is C17H17ClN2O3. The van der Waals surface area contributed by atoms with Gasteiger partial charge in [0.1, 0.15) is 5.76 Å². The lowest BCUT2D eigenvalue weighted by Crippen LogP contribution is -2.46. The van der Waals surface area contributed by atoms with Crippen LogP contribution in [0, 0.1) is 0 Å². The van der Waals surface area contributed by atoms with Gasteiger partial charge in [0, 0.05) is 49.0 Å². The second-order valence-corrected chi connectivity index (χ2v) is 5.74. The van der Waals surface area contributed by atoms with Crippen LogP contribution in [-0.2, 0) is 4.79 Å². The minimum absolute atomic E-state index is 0.541. The van der Waals surface area contributed by atoms with E-state index in [9.17, 15) is 4.79 Å². The summed E-state index contributed by atoms with van der Waals surface area (Å²) < 4.78 is 5.67. The molecule has 0 spiro atoms. The van der Waals surface area contributed by atoms with Crippen LogP contribution in [0.5, 0.6) is 0 Å². The van der Waals surface area contributed by atoms with Crippen molar-refractivity contribution in [3.63, 3.8) is 0 Å². The van der Waals surface area contributed by atoms with Gasteiger partial charge in [-0.1, -0.05) is 17.7 Å². The zero-order valence-electron chi connectivity index (χ0n) is 12.5. The van der Waals surface area contributed by atoms with E-state index in [4.69, 9.17) is 21.1 Å². The molecular weight excluding hydrogens is 316 g/mol. The average Bonchev–Trinajstić information content (AvgIpc) is 3.02. The summed E-state index contributed by atoms with van der Waals surface area (Å²) >= 11 is 6.04. The van der Waals surface area contributed by atoms with Gasteiger partial charge in [-0.05, 0) is 30.3 Å². The zero-order valence-corrected chi connectivity index (χ0v) is 13.2. The molecule has 0 amide bonds. The summed E-state index contributed by atoms with van der Waals surface area (Å²) in [6.07, 6.45) is 2.52. The largest absolute Gasteiger partial charge is 0.478 e. The van der Waals surface area contributed by atoms with Crippen molar-refractivity contribution in [1.82, 2.24) is 0 Å². The number of rotatable bonds is 4. The van der Waals surface area contributed by atoms with E-state index >= 15 is 0 Å². The lowest BCUT2D eigenvalue weighted by molar-refractivity contribution is -0.131. The lowest BCUT2D eigenvalue weighted by atomic mass is 10.2. The molecule has 23 heavy (non-hydrogen) atoms. The number of halogens is 1. The van der Waals surface area contributed by atoms with E-state index < -0.39 is 5.97 Å². The molecule has 0 aliphatic carbocycles. The molecule has 0 saturated carbocycles. The summed E-state index contributed by atoms with van der Waals surface area (Å²) in [6, 6.07) is 11.5. The minimum atomic E-state index is -0.988. The zero-order chi connectivity index (χ0) is 16.2. The van der Waals surface area contributed by atoms with Crippen molar-refractivity contribution >= 4 is 35.2 Å². The molecule has 1 fully saturated rings. The van der Waals surface area contributed by atoms with Gasteiger partial charge >= 0.3 is 5.97 Å². The molecule has 1 aromatic heterocycles. The number of nitrogens with zero attached hydrogens (tertiary/aromatic N) is 2. The quantitative estimate of drug-likeness (QED) is 0.870. The average molecular weight is 333 g/mol. The molecule has 6 heteroatoms. The molecule has 0 unspecified atom stereocenters. The van der Waals surface area contributed by atoms with Crippen LogP contribution in [0.4, 0.5) is 11.6 Å². The number of carboxylic acids is 1. The fourth-order valence-electron chi connectivity index (χ4n) is 2.61. The van der Waals surface area contributed by atoms with Crippen LogP contribution in [0.15, 0.2) is 46.9 Å². The van der Waals surface area contributed by atoms with Crippen LogP contribution in [-0.4, -0.2) is 37.3 Å². The van der Waals surface area contributed by atoms with E-state index in [1.165, 1.54) is 6.08 Å². The predicted octanol–water partition coefficient (Wildman–Crippen LogP) is 3.36. The van der Waals surface area contributed by atoms with Crippen molar-refractivity contribution in [2.24, 2.45) is 0 Å². The molecule has 120 valence electrons. The van der Waals surface area contributed by atoms with Crippen molar-refractivity contribution in [3.8, 4) is 0 Å². The lowest BCUT2D eigenvalue weighted by Gasteiger charge is -2.36. The first-order chi connectivity index (χ1) is 11.1. The second kappa shape index (κ2) is 6.79. The molecule has 1 saturated heterocycles. The second-order valence-electron chi connectivity index (χ2n) is 5.30. The number of carboxylic acid groups (broad SMARTS) is 1. The van der Waals surface area contributed by atoms with Gasteiger partial charge in [-0.15, -0.1) is 0 Å². The maximum Gasteiger partial charge on any atom is 0.328 e. The Morgan fingerprint density at radius 1 is 1.13 bits per heavy atom. The van der Waals surface area contributed by atoms with Crippen LogP contribution in [0.3, 0.4) is 0 Å². The third-order valence-corrected chi connectivity index (χ3v) is 4.00. The number of aliphatic carboxylic acids is 1. The topological polar surface area (TPSA) is 56.9 Å². The number of carbonyl (C=O) groups is 1. The first-order valence-electron chi connectivity index (χ1n) is 7.38. The van der Waals surface area contributed by atoms with Gasteiger partial charge in [-0.3, -0.25) is 0 Å². The van der Waals surface area contributed by atoms with E-state index in [0.717, 1.165) is 48.8 Å². The molecule has 2 aromatic rings. The van der Waals surface area contributed by atoms with Gasteiger partial charge < -0.3 is 19.3 Å². The van der Waals surface area contributed by atoms with Crippen molar-refractivity contribution in [2.45, 2.75) is 0 Å². The summed E-state index contributed by atoms with van der Waals surface area (Å²) in [4.78, 5) is 15.0. The van der Waals surface area contributed by atoms with E-state index in [1.807, 2.05) is 24.3 Å². The van der Waals surface area contributed by atoms with Crippen molar-refractivity contribution in [2.75, 3.05) is 36.0 Å². The number of hydrogen-bond donors (Lipinski definition) is 1. The number of hydrogen-bond acceptors (Lipinski definition) is 4. The smallest absolute Gasteiger partial charge is 0.328 e. The Hall–Kier alpha value is -2.40. The van der Waals surface area contributed by atoms with Gasteiger partial charge in [-0.25, -0.2) is 4.79 Å². The number of furan rings is 1. The van der Waals surface area contributed by atoms with Gasteiger partial charge in [0.05, 0.1) is 0 Å².